The number of nitrogens with zero attached hydrogens (tertiary/aromatic N) is 1. The Kier molecular flexibility index (Phi) is 5.00. The second-order valence-electron chi connectivity index (χ2n) is 6.52. The Hall–Kier alpha value is -2.01. The SMILES string of the molecule is CCCC(C(=O)NN)N1c2c(OC)cccc2C(C)=CC1(C)C. The van der Waals surface area contributed by atoms with E-state index in [4.69, 9.17) is 10.6 Å². The van der Waals surface area contributed by atoms with Crippen LogP contribution in [0.1, 0.15) is 46.1 Å². The van der Waals surface area contributed by atoms with Crippen molar-refractivity contribution in [2.45, 2.75) is 52.1 Å². The van der Waals surface area contributed by atoms with Gasteiger partial charge in [0.2, 0.25) is 0 Å². The summed E-state index contributed by atoms with van der Waals surface area (Å²) in [5.74, 6) is 6.04. The highest BCUT2D eigenvalue weighted by Crippen LogP contribution is 2.45. The standard InChI is InChI=1S/C18H27N3O2/c1-6-8-14(17(22)20-19)21-16-13(9-7-10-15(16)23-5)12(2)11-18(21,3)4/h7,9-11,14H,6,8,19H2,1-5H3,(H,20,22). The molecule has 0 saturated heterocycles. The Bertz CT molecular complexity index is 623. The van der Waals surface area contributed by atoms with E-state index in [0.717, 1.165) is 29.8 Å². The fourth-order valence-corrected chi connectivity index (χ4v) is 3.52. The Balaban J connectivity index is 2.68. The molecule has 23 heavy (non-hydrogen) atoms. The van der Waals surface area contributed by atoms with Crippen LogP contribution in [0.2, 0.25) is 0 Å². The molecule has 0 saturated carbocycles. The number of carbonyl (C=O) groups excluding carboxylic acids is 1. The van der Waals surface area contributed by atoms with E-state index in [1.807, 2.05) is 12.1 Å². The summed E-state index contributed by atoms with van der Waals surface area (Å²) in [5.41, 5.74) is 5.24. The van der Waals surface area contributed by atoms with Crippen molar-refractivity contribution in [3.05, 3.63) is 29.8 Å². The molecule has 2 rings (SSSR count). The van der Waals surface area contributed by atoms with Crippen LogP contribution in [-0.4, -0.2) is 24.6 Å². The van der Waals surface area contributed by atoms with Gasteiger partial charge >= 0.3 is 0 Å². The van der Waals surface area contributed by atoms with Gasteiger partial charge in [-0.25, -0.2) is 5.84 Å². The van der Waals surface area contributed by atoms with Crippen LogP contribution < -0.4 is 20.9 Å². The van der Waals surface area contributed by atoms with Crippen LogP contribution in [0.15, 0.2) is 24.3 Å². The van der Waals surface area contributed by atoms with Crippen molar-refractivity contribution in [2.75, 3.05) is 12.0 Å². The van der Waals surface area contributed by atoms with Gasteiger partial charge in [0.1, 0.15) is 11.8 Å². The monoisotopic (exact) mass is 317 g/mol. The van der Waals surface area contributed by atoms with Crippen molar-refractivity contribution >= 4 is 17.2 Å². The zero-order valence-corrected chi connectivity index (χ0v) is 14.6. The molecule has 0 aromatic heterocycles. The Morgan fingerprint density at radius 2 is 2.13 bits per heavy atom. The number of para-hydroxylation sites is 1. The van der Waals surface area contributed by atoms with E-state index in [9.17, 15) is 4.79 Å². The number of fused-ring (bicyclic) bond motifs is 1. The molecule has 1 aliphatic rings. The van der Waals surface area contributed by atoms with Crippen LogP contribution in [0.4, 0.5) is 5.69 Å². The Labute approximate surface area is 138 Å². The highest BCUT2D eigenvalue weighted by atomic mass is 16.5. The number of hydrogen-bond acceptors (Lipinski definition) is 4. The average Bonchev–Trinajstić information content (AvgIpc) is 2.52. The van der Waals surface area contributed by atoms with Gasteiger partial charge < -0.3 is 9.64 Å². The molecule has 1 aromatic carbocycles. The molecule has 1 heterocycles. The first kappa shape index (κ1) is 17.3. The lowest BCUT2D eigenvalue weighted by molar-refractivity contribution is -0.122. The van der Waals surface area contributed by atoms with Crippen LogP contribution in [-0.2, 0) is 4.79 Å². The van der Waals surface area contributed by atoms with Crippen LogP contribution in [0.5, 0.6) is 5.75 Å². The molecule has 1 unspecified atom stereocenters. The van der Waals surface area contributed by atoms with Crippen LogP contribution in [0.25, 0.3) is 5.57 Å². The summed E-state index contributed by atoms with van der Waals surface area (Å²) in [6, 6.07) is 5.63. The Morgan fingerprint density at radius 1 is 1.43 bits per heavy atom. The summed E-state index contributed by atoms with van der Waals surface area (Å²) >= 11 is 0. The number of nitrogens with two attached hydrogens (primary N) is 1. The normalized spacial score (nSPS) is 17.1. The van der Waals surface area contributed by atoms with Crippen LogP contribution in [0, 0.1) is 0 Å². The van der Waals surface area contributed by atoms with Gasteiger partial charge in [-0.15, -0.1) is 0 Å². The minimum absolute atomic E-state index is 0.176. The summed E-state index contributed by atoms with van der Waals surface area (Å²) in [4.78, 5) is 14.6. The number of rotatable bonds is 5. The van der Waals surface area contributed by atoms with Crippen molar-refractivity contribution in [3.63, 3.8) is 0 Å². The molecule has 0 fully saturated rings. The molecule has 3 N–H and O–H groups in total. The van der Waals surface area contributed by atoms with Gasteiger partial charge in [0, 0.05) is 5.56 Å². The van der Waals surface area contributed by atoms with Gasteiger partial charge in [-0.2, -0.15) is 0 Å². The third-order valence-electron chi connectivity index (χ3n) is 4.39. The number of hydrazine groups is 1. The zero-order valence-electron chi connectivity index (χ0n) is 14.6. The van der Waals surface area contributed by atoms with Gasteiger partial charge in [0.05, 0.1) is 18.3 Å². The molecule has 1 amide bonds. The van der Waals surface area contributed by atoms with E-state index in [0.29, 0.717) is 0 Å². The molecule has 0 spiro atoms. The van der Waals surface area contributed by atoms with Gasteiger partial charge in [-0.05, 0) is 38.8 Å². The summed E-state index contributed by atoms with van der Waals surface area (Å²) < 4.78 is 5.59. The number of benzene rings is 1. The first-order chi connectivity index (χ1) is 10.9. The summed E-state index contributed by atoms with van der Waals surface area (Å²) in [6.45, 7) is 8.38. The molecule has 1 aromatic rings. The quantitative estimate of drug-likeness (QED) is 0.498. The third-order valence-corrected chi connectivity index (χ3v) is 4.39. The molecular formula is C18H27N3O2. The molecule has 0 aliphatic carbocycles. The van der Waals surface area contributed by atoms with Crippen molar-refractivity contribution in [1.82, 2.24) is 5.43 Å². The number of carbonyl (C=O) groups is 1. The van der Waals surface area contributed by atoms with E-state index in [-0.39, 0.29) is 17.5 Å². The van der Waals surface area contributed by atoms with E-state index in [1.165, 1.54) is 5.57 Å². The topological polar surface area (TPSA) is 67.6 Å². The van der Waals surface area contributed by atoms with Crippen molar-refractivity contribution in [2.24, 2.45) is 5.84 Å². The number of nitrogens with one attached hydrogen (secondary N) is 1. The van der Waals surface area contributed by atoms with Crippen molar-refractivity contribution in [3.8, 4) is 5.75 Å². The lowest BCUT2D eigenvalue weighted by atomic mass is 9.86. The maximum absolute atomic E-state index is 12.4. The first-order valence-corrected chi connectivity index (χ1v) is 8.04. The Morgan fingerprint density at radius 3 is 2.70 bits per heavy atom. The fraction of sp³-hybridized carbons (Fsp3) is 0.500. The predicted molar refractivity (Wildman–Crippen MR) is 94.2 cm³/mol. The van der Waals surface area contributed by atoms with E-state index in [1.54, 1.807) is 7.11 Å². The summed E-state index contributed by atoms with van der Waals surface area (Å²) in [5, 5.41) is 0. The second kappa shape index (κ2) is 6.62. The number of allylic oxidation sites excluding steroid dienone is 1. The lowest BCUT2D eigenvalue weighted by Gasteiger charge is -2.47. The maximum Gasteiger partial charge on any atom is 0.256 e. The summed E-state index contributed by atoms with van der Waals surface area (Å²) in [7, 11) is 1.66. The lowest BCUT2D eigenvalue weighted by Crippen LogP contribution is -2.57. The molecule has 5 nitrogen and oxygen atoms in total. The van der Waals surface area contributed by atoms with E-state index in [2.05, 4.69) is 50.2 Å². The van der Waals surface area contributed by atoms with Crippen LogP contribution >= 0.6 is 0 Å². The zero-order chi connectivity index (χ0) is 17.2. The third kappa shape index (κ3) is 3.06. The molecule has 1 aliphatic heterocycles. The van der Waals surface area contributed by atoms with E-state index < -0.39 is 0 Å². The number of hydrogen-bond donors (Lipinski definition) is 2. The highest BCUT2D eigenvalue weighted by Gasteiger charge is 2.40. The maximum atomic E-state index is 12.4. The van der Waals surface area contributed by atoms with Crippen molar-refractivity contribution in [1.29, 1.82) is 0 Å². The molecule has 1 atom stereocenters. The molecule has 5 heteroatoms. The van der Waals surface area contributed by atoms with Gasteiger partial charge in [-0.3, -0.25) is 10.2 Å². The highest BCUT2D eigenvalue weighted by molar-refractivity contribution is 5.91. The average molecular weight is 317 g/mol. The fourth-order valence-electron chi connectivity index (χ4n) is 3.52. The first-order valence-electron chi connectivity index (χ1n) is 8.04. The molecule has 0 bridgehead atoms. The van der Waals surface area contributed by atoms with Crippen molar-refractivity contribution < 1.29 is 9.53 Å². The minimum atomic E-state index is -0.348. The number of methoxy groups -OCH3 is 1. The molecular weight excluding hydrogens is 290 g/mol. The number of ether oxygens (including phenoxy) is 1. The number of anilines is 1. The minimum Gasteiger partial charge on any atom is -0.495 e. The van der Waals surface area contributed by atoms with Gasteiger partial charge in [-0.1, -0.05) is 31.6 Å². The van der Waals surface area contributed by atoms with Gasteiger partial charge in [0.15, 0.2) is 0 Å². The molecule has 0 radical (unpaired) electrons. The smallest absolute Gasteiger partial charge is 0.256 e. The van der Waals surface area contributed by atoms with E-state index >= 15 is 0 Å². The summed E-state index contributed by atoms with van der Waals surface area (Å²) in [6.07, 6.45) is 3.80. The molecule has 126 valence electrons. The van der Waals surface area contributed by atoms with Crippen LogP contribution in [0.3, 0.4) is 0 Å². The predicted octanol–water partition coefficient (Wildman–Crippen LogP) is 2.86. The van der Waals surface area contributed by atoms with Gasteiger partial charge in [0.25, 0.3) is 5.91 Å². The largest absolute Gasteiger partial charge is 0.495 e. The second-order valence-corrected chi connectivity index (χ2v) is 6.52. The number of amides is 1.